The molecule has 0 saturated carbocycles. The van der Waals surface area contributed by atoms with Gasteiger partial charge in [-0.2, -0.15) is 0 Å². The maximum Gasteiger partial charge on any atom is 0.262 e. The third-order valence-corrected chi connectivity index (χ3v) is 7.25. The topological polar surface area (TPSA) is 71.6 Å². The van der Waals surface area contributed by atoms with Crippen LogP contribution in [-0.2, 0) is 15.8 Å². The van der Waals surface area contributed by atoms with Gasteiger partial charge in [0, 0.05) is 25.0 Å². The van der Waals surface area contributed by atoms with Crippen molar-refractivity contribution in [2.24, 2.45) is 5.92 Å². The van der Waals surface area contributed by atoms with Crippen LogP contribution in [0.4, 0.5) is 5.69 Å². The summed E-state index contributed by atoms with van der Waals surface area (Å²) in [6.45, 7) is 14.1. The third-order valence-electron chi connectivity index (χ3n) is 5.50. The summed E-state index contributed by atoms with van der Waals surface area (Å²) in [5.74, 6) is 1.06. The Bertz CT molecular complexity index is 703. The second-order valence-electron chi connectivity index (χ2n) is 9.71. The van der Waals surface area contributed by atoms with Crippen LogP contribution in [0.25, 0.3) is 0 Å². The van der Waals surface area contributed by atoms with Gasteiger partial charge < -0.3 is 25.1 Å². The van der Waals surface area contributed by atoms with Gasteiger partial charge in [-0.1, -0.05) is 26.8 Å². The van der Waals surface area contributed by atoms with Gasteiger partial charge in [-0.3, -0.25) is 4.79 Å². The summed E-state index contributed by atoms with van der Waals surface area (Å²) >= 11 is 0. The van der Waals surface area contributed by atoms with Gasteiger partial charge in [-0.25, -0.2) is 0 Å². The number of nitrogens with one attached hydrogen (secondary N) is 3. The monoisotopic (exact) mass is 405 g/mol. The number of ether oxygens (including phenoxy) is 1. The highest BCUT2D eigenvalue weighted by Gasteiger charge is 2.38. The van der Waals surface area contributed by atoms with E-state index in [1.165, 1.54) is 0 Å². The highest BCUT2D eigenvalue weighted by atomic mass is 28.2. The Balaban J connectivity index is 1.63. The Morgan fingerprint density at radius 2 is 2.07 bits per heavy atom. The first kappa shape index (κ1) is 21.3. The molecule has 2 heterocycles. The SMILES string of the molecule is CC(C)(C)[SiH2]OC(C)(C)C1CNCCC1NCc1ccc2c(c1)NC(=O)CO2. The van der Waals surface area contributed by atoms with Crippen LogP contribution >= 0.6 is 0 Å². The lowest BCUT2D eigenvalue weighted by atomic mass is 9.81. The largest absolute Gasteiger partial charge is 0.482 e. The second kappa shape index (κ2) is 8.53. The predicted octanol–water partition coefficient (Wildman–Crippen LogP) is 2.18. The van der Waals surface area contributed by atoms with E-state index in [1.807, 2.05) is 12.1 Å². The van der Waals surface area contributed by atoms with Crippen molar-refractivity contribution < 1.29 is 14.0 Å². The van der Waals surface area contributed by atoms with E-state index in [9.17, 15) is 4.79 Å². The van der Waals surface area contributed by atoms with E-state index >= 15 is 0 Å². The number of rotatable bonds is 6. The lowest BCUT2D eigenvalue weighted by molar-refractivity contribution is -0.118. The molecule has 3 rings (SSSR count). The standard InChI is InChI=1S/C21H35N3O3Si/c1-20(2,3)28-27-21(4,5)15-12-22-9-8-16(15)23-11-14-6-7-18-17(10-14)24-19(25)13-26-18/h6-7,10,15-16,22-23H,8-9,11-13,28H2,1-5H3,(H,24,25). The normalized spacial score (nSPS) is 23.4. The quantitative estimate of drug-likeness (QED) is 0.633. The molecule has 1 saturated heterocycles. The maximum absolute atomic E-state index is 11.6. The molecule has 28 heavy (non-hydrogen) atoms. The molecule has 156 valence electrons. The molecule has 0 spiro atoms. The van der Waals surface area contributed by atoms with Crippen molar-refractivity contribution in [3.8, 4) is 5.75 Å². The second-order valence-corrected chi connectivity index (χ2v) is 12.4. The Morgan fingerprint density at radius 3 is 2.82 bits per heavy atom. The Labute approximate surface area is 171 Å². The molecular formula is C21H35N3O3Si. The Kier molecular flexibility index (Phi) is 6.49. The van der Waals surface area contributed by atoms with Gasteiger partial charge in [-0.05, 0) is 49.5 Å². The molecule has 2 unspecified atom stereocenters. The number of benzene rings is 1. The van der Waals surface area contributed by atoms with Crippen LogP contribution in [0.2, 0.25) is 5.04 Å². The minimum absolute atomic E-state index is 0.0916. The summed E-state index contributed by atoms with van der Waals surface area (Å²) in [6, 6.07) is 6.40. The number of carbonyl (C=O) groups excluding carboxylic acids is 1. The number of piperidine rings is 1. The molecule has 2 atom stereocenters. The zero-order chi connectivity index (χ0) is 20.4. The molecule has 1 aromatic rings. The lowest BCUT2D eigenvalue weighted by Gasteiger charge is -2.44. The van der Waals surface area contributed by atoms with Gasteiger partial charge in [0.2, 0.25) is 0 Å². The van der Waals surface area contributed by atoms with Gasteiger partial charge in [-0.15, -0.1) is 0 Å². The van der Waals surface area contributed by atoms with E-state index in [0.29, 0.717) is 12.0 Å². The number of anilines is 1. The van der Waals surface area contributed by atoms with Crippen molar-refractivity contribution in [2.75, 3.05) is 25.0 Å². The van der Waals surface area contributed by atoms with Crippen molar-refractivity contribution in [1.29, 1.82) is 0 Å². The first-order valence-electron chi connectivity index (χ1n) is 10.3. The van der Waals surface area contributed by atoms with Crippen LogP contribution in [0.5, 0.6) is 5.75 Å². The molecule has 1 fully saturated rings. The smallest absolute Gasteiger partial charge is 0.262 e. The zero-order valence-corrected chi connectivity index (χ0v) is 19.3. The first-order valence-corrected chi connectivity index (χ1v) is 11.6. The Morgan fingerprint density at radius 1 is 1.29 bits per heavy atom. The molecule has 1 aromatic carbocycles. The van der Waals surface area contributed by atoms with Gasteiger partial charge in [0.05, 0.1) is 11.3 Å². The average molecular weight is 406 g/mol. The molecule has 0 aliphatic carbocycles. The third kappa shape index (κ3) is 5.56. The van der Waals surface area contributed by atoms with Crippen LogP contribution in [0, 0.1) is 5.92 Å². The lowest BCUT2D eigenvalue weighted by Crippen LogP contribution is -2.56. The first-order chi connectivity index (χ1) is 13.1. The minimum Gasteiger partial charge on any atom is -0.482 e. The fourth-order valence-corrected chi connectivity index (χ4v) is 4.85. The van der Waals surface area contributed by atoms with Crippen LogP contribution in [0.1, 0.15) is 46.6 Å². The molecule has 2 aliphatic rings. The molecule has 7 heteroatoms. The molecular weight excluding hydrogens is 370 g/mol. The fraction of sp³-hybridized carbons (Fsp3) is 0.667. The maximum atomic E-state index is 11.6. The van der Waals surface area contributed by atoms with Crippen LogP contribution in [-0.4, -0.2) is 47.0 Å². The summed E-state index contributed by atoms with van der Waals surface area (Å²) in [4.78, 5) is 11.6. The van der Waals surface area contributed by atoms with Crippen LogP contribution < -0.4 is 20.7 Å². The van der Waals surface area contributed by atoms with Crippen LogP contribution in [0.3, 0.4) is 0 Å². The Hall–Kier alpha value is -1.41. The molecule has 6 nitrogen and oxygen atoms in total. The van der Waals surface area contributed by atoms with Crippen molar-refractivity contribution in [2.45, 2.75) is 64.3 Å². The molecule has 0 radical (unpaired) electrons. The minimum atomic E-state index is -0.611. The number of amides is 1. The highest BCUT2D eigenvalue weighted by molar-refractivity contribution is 6.31. The van der Waals surface area contributed by atoms with Crippen molar-refractivity contribution in [3.63, 3.8) is 0 Å². The summed E-state index contributed by atoms with van der Waals surface area (Å²) < 4.78 is 11.9. The molecule has 1 amide bonds. The van der Waals surface area contributed by atoms with E-state index in [4.69, 9.17) is 9.16 Å². The van der Waals surface area contributed by atoms with Crippen molar-refractivity contribution >= 4 is 21.4 Å². The highest BCUT2D eigenvalue weighted by Crippen LogP contribution is 2.32. The van der Waals surface area contributed by atoms with E-state index in [2.05, 4.69) is 56.6 Å². The van der Waals surface area contributed by atoms with Crippen LogP contribution in [0.15, 0.2) is 18.2 Å². The van der Waals surface area contributed by atoms with E-state index in [-0.39, 0.29) is 23.2 Å². The van der Waals surface area contributed by atoms with E-state index in [0.717, 1.165) is 43.1 Å². The van der Waals surface area contributed by atoms with Gasteiger partial charge in [0.1, 0.15) is 5.75 Å². The van der Waals surface area contributed by atoms with E-state index in [1.54, 1.807) is 0 Å². The number of hydrogen-bond donors (Lipinski definition) is 3. The average Bonchev–Trinajstić information content (AvgIpc) is 2.64. The van der Waals surface area contributed by atoms with E-state index < -0.39 is 9.76 Å². The summed E-state index contributed by atoms with van der Waals surface area (Å²) in [5.41, 5.74) is 1.75. The van der Waals surface area contributed by atoms with Gasteiger partial charge in [0.25, 0.3) is 5.91 Å². The zero-order valence-electron chi connectivity index (χ0n) is 17.9. The number of hydrogen-bond acceptors (Lipinski definition) is 5. The van der Waals surface area contributed by atoms with Crippen molar-refractivity contribution in [3.05, 3.63) is 23.8 Å². The molecule has 3 N–H and O–H groups in total. The van der Waals surface area contributed by atoms with Gasteiger partial charge >= 0.3 is 0 Å². The molecule has 0 bridgehead atoms. The number of carbonyl (C=O) groups is 1. The predicted molar refractivity (Wildman–Crippen MR) is 116 cm³/mol. The molecule has 2 aliphatic heterocycles. The molecule has 0 aromatic heterocycles. The summed E-state index contributed by atoms with van der Waals surface area (Å²) in [6.07, 6.45) is 1.08. The van der Waals surface area contributed by atoms with Crippen molar-refractivity contribution in [1.82, 2.24) is 10.6 Å². The van der Waals surface area contributed by atoms with Gasteiger partial charge in [0.15, 0.2) is 16.4 Å². The number of fused-ring (bicyclic) bond motifs is 1. The summed E-state index contributed by atoms with van der Waals surface area (Å²) in [7, 11) is -0.611. The summed E-state index contributed by atoms with van der Waals surface area (Å²) in [5, 5.41) is 10.5. The fourth-order valence-electron chi connectivity index (χ4n) is 3.83.